The lowest BCUT2D eigenvalue weighted by Gasteiger charge is -2.38. The van der Waals surface area contributed by atoms with Gasteiger partial charge in [-0.2, -0.15) is 0 Å². The number of aliphatic imine (C=N–C) groups is 1. The van der Waals surface area contributed by atoms with Crippen molar-refractivity contribution >= 4 is 74.1 Å². The summed E-state index contributed by atoms with van der Waals surface area (Å²) < 4.78 is 12.1. The Bertz CT molecular complexity index is 1380. The first-order chi connectivity index (χ1) is 17.7. The standard InChI is InChI=1S/C26H23Cl3N4O3S/c1-17-9-11-20(12-10-17)32-22(18-7-5-4-6-8-18)30-24-31(19-13-15-21(35-2)16-14-19)23(26(27,28)29)33(37(24)32)25(34)36-3/h4-16,23H,1-3H3/t23-,37?/m1/s1. The second-order valence-electron chi connectivity index (χ2n) is 8.26. The van der Waals surface area contributed by atoms with Crippen LogP contribution in [0.15, 0.2) is 83.9 Å². The van der Waals surface area contributed by atoms with Crippen molar-refractivity contribution in [3.8, 4) is 5.75 Å². The number of ether oxygens (including phenoxy) is 2. The lowest BCUT2D eigenvalue weighted by Crippen LogP contribution is -2.53. The normalized spacial score (nSPS) is 19.1. The Balaban J connectivity index is 1.77. The zero-order valence-corrected chi connectivity index (χ0v) is 23.2. The molecule has 0 saturated heterocycles. The lowest BCUT2D eigenvalue weighted by molar-refractivity contribution is 0.144. The predicted octanol–water partition coefficient (Wildman–Crippen LogP) is 6.74. The molecule has 0 fully saturated rings. The molecule has 2 heterocycles. The van der Waals surface area contributed by atoms with Crippen molar-refractivity contribution in [3.63, 3.8) is 0 Å². The number of alkyl halides is 3. The number of benzene rings is 3. The van der Waals surface area contributed by atoms with Crippen molar-refractivity contribution in [2.45, 2.75) is 16.9 Å². The topological polar surface area (TPSA) is 57.6 Å². The number of anilines is 2. The Hall–Kier alpha value is -2.91. The molecule has 0 aromatic heterocycles. The van der Waals surface area contributed by atoms with Crippen LogP contribution in [0.5, 0.6) is 5.75 Å². The summed E-state index contributed by atoms with van der Waals surface area (Å²) in [5.74, 6) is 1.33. The van der Waals surface area contributed by atoms with E-state index in [0.717, 1.165) is 16.8 Å². The van der Waals surface area contributed by atoms with E-state index < -0.39 is 26.9 Å². The van der Waals surface area contributed by atoms with Gasteiger partial charge in [0.05, 0.1) is 30.8 Å². The van der Waals surface area contributed by atoms with Crippen LogP contribution < -0.4 is 13.9 Å². The van der Waals surface area contributed by atoms with Gasteiger partial charge in [-0.25, -0.2) is 14.1 Å². The molecule has 2 aliphatic rings. The Morgan fingerprint density at radius 1 is 0.919 bits per heavy atom. The van der Waals surface area contributed by atoms with Gasteiger partial charge in [-0.1, -0.05) is 82.8 Å². The molecule has 0 saturated carbocycles. The molecule has 0 spiro atoms. The Morgan fingerprint density at radius 3 is 2.11 bits per heavy atom. The first-order valence-electron chi connectivity index (χ1n) is 11.2. The monoisotopic (exact) mass is 576 g/mol. The molecule has 0 bridgehead atoms. The molecule has 11 heteroatoms. The van der Waals surface area contributed by atoms with Crippen LogP contribution in [0.1, 0.15) is 11.1 Å². The highest BCUT2D eigenvalue weighted by molar-refractivity contribution is 8.17. The summed E-state index contributed by atoms with van der Waals surface area (Å²) >= 11 is 19.7. The maximum absolute atomic E-state index is 13.4. The maximum Gasteiger partial charge on any atom is 0.422 e. The van der Waals surface area contributed by atoms with E-state index in [1.54, 1.807) is 24.1 Å². The van der Waals surface area contributed by atoms with E-state index in [2.05, 4.69) is 0 Å². The van der Waals surface area contributed by atoms with Gasteiger partial charge in [0.25, 0.3) is 0 Å². The molecule has 0 N–H and O–H groups in total. The second kappa shape index (κ2) is 10.1. The minimum absolute atomic E-state index is 0.548. The summed E-state index contributed by atoms with van der Waals surface area (Å²) in [4.78, 5) is 20.2. The van der Waals surface area contributed by atoms with E-state index in [0.29, 0.717) is 22.4 Å². The van der Waals surface area contributed by atoms with E-state index in [9.17, 15) is 4.79 Å². The van der Waals surface area contributed by atoms with Crippen molar-refractivity contribution in [2.75, 3.05) is 23.4 Å². The molecule has 0 radical (unpaired) electrons. The van der Waals surface area contributed by atoms with Crippen LogP contribution in [0.2, 0.25) is 0 Å². The molecule has 192 valence electrons. The van der Waals surface area contributed by atoms with E-state index in [1.165, 1.54) is 11.4 Å². The summed E-state index contributed by atoms with van der Waals surface area (Å²) in [6, 6.07) is 25.0. The largest absolute Gasteiger partial charge is 0.497 e. The molecule has 37 heavy (non-hydrogen) atoms. The number of hydrogen-bond acceptors (Lipinski definition) is 6. The number of carbonyl (C=O) groups is 1. The highest BCUT2D eigenvalue weighted by Gasteiger charge is 2.56. The fourth-order valence-corrected chi connectivity index (χ4v) is 7.28. The Labute approximate surface area is 232 Å². The number of nitrogens with zero attached hydrogens (tertiary/aromatic N) is 4. The molecule has 3 aromatic carbocycles. The average molecular weight is 578 g/mol. The van der Waals surface area contributed by atoms with Gasteiger partial charge in [0, 0.05) is 11.3 Å². The molecule has 7 nitrogen and oxygen atoms in total. The molecule has 5 rings (SSSR count). The van der Waals surface area contributed by atoms with Crippen molar-refractivity contribution < 1.29 is 14.3 Å². The van der Waals surface area contributed by atoms with Crippen molar-refractivity contribution in [3.05, 3.63) is 90.0 Å². The molecular weight excluding hydrogens is 555 g/mol. The third-order valence-corrected chi connectivity index (χ3v) is 8.54. The smallest absolute Gasteiger partial charge is 0.422 e. The molecule has 2 atom stereocenters. The van der Waals surface area contributed by atoms with Crippen LogP contribution in [0.3, 0.4) is 0 Å². The zero-order chi connectivity index (χ0) is 26.3. The van der Waals surface area contributed by atoms with Crippen LogP contribution >= 0.6 is 45.7 Å². The number of rotatable bonds is 4. The van der Waals surface area contributed by atoms with Crippen LogP contribution in [0, 0.1) is 6.92 Å². The first kappa shape index (κ1) is 25.7. The minimum Gasteiger partial charge on any atom is -0.497 e. The number of methoxy groups -OCH3 is 2. The molecule has 1 unspecified atom stereocenters. The van der Waals surface area contributed by atoms with Gasteiger partial charge in [-0.3, -0.25) is 9.21 Å². The van der Waals surface area contributed by atoms with Crippen molar-refractivity contribution in [1.82, 2.24) is 4.31 Å². The highest BCUT2D eigenvalue weighted by atomic mass is 35.6. The first-order valence-corrected chi connectivity index (χ1v) is 13.5. The van der Waals surface area contributed by atoms with Crippen molar-refractivity contribution in [1.29, 1.82) is 0 Å². The third kappa shape index (κ3) is 4.63. The minimum atomic E-state index is -1.90. The number of carbonyl (C=O) groups excluding carboxylic acids is 1. The number of amidine groups is 1. The van der Waals surface area contributed by atoms with Gasteiger partial charge < -0.3 is 9.47 Å². The van der Waals surface area contributed by atoms with E-state index >= 15 is 0 Å². The van der Waals surface area contributed by atoms with Crippen LogP contribution in [-0.4, -0.2) is 45.5 Å². The number of aryl methyl sites for hydroxylation is 1. The number of amides is 1. The van der Waals surface area contributed by atoms with Gasteiger partial charge in [-0.15, -0.1) is 0 Å². The lowest BCUT2D eigenvalue weighted by atomic mass is 10.2. The van der Waals surface area contributed by atoms with E-state index in [4.69, 9.17) is 49.3 Å². The van der Waals surface area contributed by atoms with Crippen LogP contribution in [0.25, 0.3) is 0 Å². The Kier molecular flexibility index (Phi) is 7.02. The third-order valence-electron chi connectivity index (χ3n) is 5.89. The Morgan fingerprint density at radius 2 is 1.54 bits per heavy atom. The molecule has 3 aromatic rings. The fourth-order valence-electron chi connectivity index (χ4n) is 4.17. The summed E-state index contributed by atoms with van der Waals surface area (Å²) in [7, 11) is 1.77. The SMILES string of the molecule is COC(=O)N1[C@H](C(Cl)(Cl)Cl)N(c2ccc(OC)cc2)C2=S1N(c1ccc(C)cc1)C(c1ccccc1)=N2. The molecule has 1 amide bonds. The van der Waals surface area contributed by atoms with Crippen LogP contribution in [-0.2, 0) is 4.74 Å². The predicted molar refractivity (Wildman–Crippen MR) is 153 cm³/mol. The van der Waals surface area contributed by atoms with Gasteiger partial charge in [0.1, 0.15) is 5.75 Å². The zero-order valence-electron chi connectivity index (χ0n) is 20.1. The molecule has 0 aliphatic carbocycles. The summed E-state index contributed by atoms with van der Waals surface area (Å²) in [5.41, 5.74) is 3.49. The second-order valence-corrected chi connectivity index (χ2v) is 12.3. The quantitative estimate of drug-likeness (QED) is 0.254. The summed E-state index contributed by atoms with van der Waals surface area (Å²) in [5, 5.41) is 0.548. The van der Waals surface area contributed by atoms with Crippen molar-refractivity contribution in [2.24, 2.45) is 4.99 Å². The summed E-state index contributed by atoms with van der Waals surface area (Å²) in [6.45, 7) is 2.01. The van der Waals surface area contributed by atoms with Gasteiger partial charge in [0.15, 0.2) is 12.0 Å². The molecule has 2 aliphatic heterocycles. The molecular formula is C26H23Cl3N4O3S. The number of halogens is 3. The van der Waals surface area contributed by atoms with E-state index in [1.807, 2.05) is 78.0 Å². The van der Waals surface area contributed by atoms with E-state index in [-0.39, 0.29) is 0 Å². The summed E-state index contributed by atoms with van der Waals surface area (Å²) in [6.07, 6.45) is -1.68. The van der Waals surface area contributed by atoms with Crippen LogP contribution in [0.4, 0.5) is 16.2 Å². The maximum atomic E-state index is 13.4. The van der Waals surface area contributed by atoms with Gasteiger partial charge in [0.2, 0.25) is 8.90 Å². The highest BCUT2D eigenvalue weighted by Crippen LogP contribution is 2.52. The van der Waals surface area contributed by atoms with Gasteiger partial charge in [-0.05, 0) is 43.3 Å². The fraction of sp³-hybridized carbons (Fsp3) is 0.192. The number of hydrogen-bond donors (Lipinski definition) is 0. The average Bonchev–Trinajstić information content (AvgIpc) is 3.44. The van der Waals surface area contributed by atoms with Gasteiger partial charge >= 0.3 is 6.09 Å².